The van der Waals surface area contributed by atoms with Crippen molar-refractivity contribution in [2.24, 2.45) is 10.7 Å². The van der Waals surface area contributed by atoms with E-state index >= 15 is 0 Å². The second-order valence-corrected chi connectivity index (χ2v) is 6.91. The van der Waals surface area contributed by atoms with Crippen LogP contribution in [0.4, 0.5) is 13.2 Å². The van der Waals surface area contributed by atoms with E-state index in [1.54, 1.807) is 12.3 Å². The van der Waals surface area contributed by atoms with Crippen molar-refractivity contribution in [1.82, 2.24) is 10.3 Å². The lowest BCUT2D eigenvalue weighted by molar-refractivity contribution is -0.137. The Morgan fingerprint density at radius 1 is 1.18 bits per heavy atom. The summed E-state index contributed by atoms with van der Waals surface area (Å²) >= 11 is 0. The lowest BCUT2D eigenvalue weighted by Crippen LogP contribution is -2.40. The number of guanidine groups is 1. The number of alkyl halides is 3. The zero-order valence-corrected chi connectivity index (χ0v) is 17.7. The molecule has 1 saturated carbocycles. The van der Waals surface area contributed by atoms with Crippen molar-refractivity contribution in [2.45, 2.75) is 37.3 Å². The van der Waals surface area contributed by atoms with Crippen molar-refractivity contribution in [2.75, 3.05) is 13.1 Å². The highest BCUT2D eigenvalue weighted by molar-refractivity contribution is 14.0. The summed E-state index contributed by atoms with van der Waals surface area (Å²) in [7, 11) is 0. The Kier molecular flexibility index (Phi) is 7.68. The van der Waals surface area contributed by atoms with Crippen molar-refractivity contribution in [1.29, 1.82) is 0 Å². The van der Waals surface area contributed by atoms with Gasteiger partial charge < -0.3 is 11.1 Å². The van der Waals surface area contributed by atoms with E-state index in [-0.39, 0.29) is 29.4 Å². The molecule has 152 valence electrons. The van der Waals surface area contributed by atoms with Gasteiger partial charge in [0.05, 0.1) is 12.1 Å². The first kappa shape index (κ1) is 22.4. The average Bonchev–Trinajstić information content (AvgIpc) is 2.61. The summed E-state index contributed by atoms with van der Waals surface area (Å²) in [6.45, 7) is 0.986. The lowest BCUT2D eigenvalue weighted by atomic mass is 9.64. The van der Waals surface area contributed by atoms with Gasteiger partial charge in [0.1, 0.15) is 0 Å². The van der Waals surface area contributed by atoms with E-state index in [0.717, 1.165) is 37.4 Å². The maximum atomic E-state index is 13.0. The molecule has 28 heavy (non-hydrogen) atoms. The van der Waals surface area contributed by atoms with Gasteiger partial charge in [-0.3, -0.25) is 9.98 Å². The molecule has 1 fully saturated rings. The molecule has 0 amide bonds. The number of nitrogens with one attached hydrogen (secondary N) is 1. The van der Waals surface area contributed by atoms with E-state index in [4.69, 9.17) is 5.73 Å². The van der Waals surface area contributed by atoms with Gasteiger partial charge in [-0.2, -0.15) is 13.2 Å². The molecule has 4 nitrogen and oxygen atoms in total. The molecule has 2 aromatic rings. The summed E-state index contributed by atoms with van der Waals surface area (Å²) in [6.07, 6.45) is 0.741. The van der Waals surface area contributed by atoms with Crippen LogP contribution in [0.3, 0.4) is 0 Å². The monoisotopic (exact) mass is 504 g/mol. The van der Waals surface area contributed by atoms with Crippen molar-refractivity contribution in [3.8, 4) is 0 Å². The number of benzene rings is 1. The largest absolute Gasteiger partial charge is 0.416 e. The average molecular weight is 504 g/mol. The zero-order chi connectivity index (χ0) is 19.3. The van der Waals surface area contributed by atoms with Crippen molar-refractivity contribution in [3.63, 3.8) is 0 Å². The number of nitrogens with two attached hydrogens (primary N) is 1. The molecule has 1 aromatic heterocycles. The highest BCUT2D eigenvalue weighted by Crippen LogP contribution is 2.45. The Balaban J connectivity index is 0.00000280. The molecule has 0 spiro atoms. The number of aliphatic imine (C=N–C) groups is 1. The van der Waals surface area contributed by atoms with Gasteiger partial charge in [-0.05, 0) is 36.6 Å². The van der Waals surface area contributed by atoms with Gasteiger partial charge in [-0.25, -0.2) is 0 Å². The van der Waals surface area contributed by atoms with Crippen LogP contribution < -0.4 is 11.1 Å². The predicted octanol–water partition coefficient (Wildman–Crippen LogP) is 4.29. The summed E-state index contributed by atoms with van der Waals surface area (Å²) in [6, 6.07) is 11.3. The van der Waals surface area contributed by atoms with E-state index in [2.05, 4.69) is 15.3 Å². The molecule has 1 aliphatic carbocycles. The van der Waals surface area contributed by atoms with Crippen LogP contribution in [0.2, 0.25) is 0 Å². The zero-order valence-electron chi connectivity index (χ0n) is 15.4. The van der Waals surface area contributed by atoms with Crippen LogP contribution in [0.1, 0.15) is 36.1 Å². The fraction of sp³-hybridized carbons (Fsp3) is 0.400. The summed E-state index contributed by atoms with van der Waals surface area (Å²) in [4.78, 5) is 8.64. The summed E-state index contributed by atoms with van der Waals surface area (Å²) in [5, 5.41) is 3.05. The van der Waals surface area contributed by atoms with Gasteiger partial charge in [-0.1, -0.05) is 30.7 Å². The molecule has 0 radical (unpaired) electrons. The van der Waals surface area contributed by atoms with Crippen molar-refractivity contribution >= 4 is 29.9 Å². The molecule has 0 aliphatic heterocycles. The molecule has 3 rings (SSSR count). The van der Waals surface area contributed by atoms with Crippen molar-refractivity contribution < 1.29 is 13.2 Å². The van der Waals surface area contributed by atoms with Gasteiger partial charge in [0, 0.05) is 30.3 Å². The van der Waals surface area contributed by atoms with Gasteiger partial charge in [0.25, 0.3) is 0 Å². The number of pyridine rings is 1. The number of rotatable bonds is 6. The normalized spacial score (nSPS) is 16.0. The topological polar surface area (TPSA) is 63.3 Å². The summed E-state index contributed by atoms with van der Waals surface area (Å²) < 4.78 is 39.0. The Labute approximate surface area is 179 Å². The molecular formula is C20H24F3IN4. The maximum Gasteiger partial charge on any atom is 0.416 e. The van der Waals surface area contributed by atoms with Gasteiger partial charge in [0.15, 0.2) is 5.96 Å². The Morgan fingerprint density at radius 3 is 2.57 bits per heavy atom. The molecule has 1 heterocycles. The molecule has 8 heteroatoms. The minimum absolute atomic E-state index is 0. The third-order valence-electron chi connectivity index (χ3n) is 5.08. The minimum Gasteiger partial charge on any atom is -0.370 e. The van der Waals surface area contributed by atoms with Crippen LogP contribution in [0.25, 0.3) is 0 Å². The third kappa shape index (κ3) is 5.59. The minimum atomic E-state index is -4.34. The number of hydrogen-bond acceptors (Lipinski definition) is 2. The van der Waals surface area contributed by atoms with Crippen molar-refractivity contribution in [3.05, 3.63) is 65.5 Å². The molecule has 0 bridgehead atoms. The molecule has 1 aliphatic rings. The van der Waals surface area contributed by atoms with Gasteiger partial charge in [0.2, 0.25) is 0 Å². The van der Waals surface area contributed by atoms with Crippen LogP contribution in [0.15, 0.2) is 53.7 Å². The quantitative estimate of drug-likeness (QED) is 0.351. The van der Waals surface area contributed by atoms with E-state index in [1.165, 1.54) is 12.1 Å². The standard InChI is InChI=1S/C20H23F3N4.HI/c21-20(22,23)16-6-3-5-15(13-16)19(9-4-10-19)14-27-18(24)26-12-8-17-7-1-2-11-25-17;/h1-3,5-7,11,13H,4,8-10,12,14H2,(H3,24,26,27);1H. The number of aromatic nitrogens is 1. The van der Waals surface area contributed by atoms with Crippen LogP contribution in [0.5, 0.6) is 0 Å². The first-order valence-electron chi connectivity index (χ1n) is 9.01. The first-order chi connectivity index (χ1) is 12.9. The Morgan fingerprint density at radius 2 is 1.96 bits per heavy atom. The molecular weight excluding hydrogens is 480 g/mol. The fourth-order valence-electron chi connectivity index (χ4n) is 3.32. The highest BCUT2D eigenvalue weighted by Gasteiger charge is 2.40. The predicted molar refractivity (Wildman–Crippen MR) is 115 cm³/mol. The second kappa shape index (κ2) is 9.58. The lowest BCUT2D eigenvalue weighted by Gasteiger charge is -2.41. The maximum absolute atomic E-state index is 13.0. The Hall–Kier alpha value is -1.84. The number of nitrogens with zero attached hydrogens (tertiary/aromatic N) is 2. The number of halogens is 4. The van der Waals surface area contributed by atoms with Crippen LogP contribution in [-0.4, -0.2) is 24.0 Å². The molecule has 3 N–H and O–H groups in total. The molecule has 1 aromatic carbocycles. The molecule has 0 unspecified atom stereocenters. The summed E-state index contributed by atoms with van der Waals surface area (Å²) in [5.74, 6) is 0.309. The molecule has 0 atom stereocenters. The summed E-state index contributed by atoms with van der Waals surface area (Å²) in [5.41, 5.74) is 6.62. The fourth-order valence-corrected chi connectivity index (χ4v) is 3.32. The van der Waals surface area contributed by atoms with E-state index in [0.29, 0.717) is 24.6 Å². The third-order valence-corrected chi connectivity index (χ3v) is 5.08. The number of hydrogen-bond donors (Lipinski definition) is 2. The Bertz CT molecular complexity index is 790. The van der Waals surface area contributed by atoms with Gasteiger partial charge >= 0.3 is 6.18 Å². The van der Waals surface area contributed by atoms with Crippen LogP contribution in [-0.2, 0) is 18.0 Å². The highest BCUT2D eigenvalue weighted by atomic mass is 127. The van der Waals surface area contributed by atoms with E-state index < -0.39 is 11.7 Å². The first-order valence-corrected chi connectivity index (χ1v) is 9.01. The van der Waals surface area contributed by atoms with E-state index in [9.17, 15) is 13.2 Å². The smallest absolute Gasteiger partial charge is 0.370 e. The van der Waals surface area contributed by atoms with Gasteiger partial charge in [-0.15, -0.1) is 24.0 Å². The molecule has 0 saturated heterocycles. The van der Waals surface area contributed by atoms with Crippen LogP contribution >= 0.6 is 24.0 Å². The second-order valence-electron chi connectivity index (χ2n) is 6.91. The van der Waals surface area contributed by atoms with E-state index in [1.807, 2.05) is 18.2 Å². The van der Waals surface area contributed by atoms with Crippen LogP contribution in [0, 0.1) is 0 Å². The SMILES string of the molecule is I.NC(=NCC1(c2cccc(C(F)(F)F)c2)CCC1)NCCc1ccccn1.